The van der Waals surface area contributed by atoms with Gasteiger partial charge in [0.05, 0.1) is 12.8 Å². The molecule has 1 rings (SSSR count). The fraction of sp³-hybridized carbons (Fsp3) is 0.500. The minimum absolute atomic E-state index is 0.0890. The lowest BCUT2D eigenvalue weighted by Crippen LogP contribution is -2.86. The Morgan fingerprint density at radius 1 is 1.55 bits per heavy atom. The normalized spacial score (nSPS) is 31.5. The van der Waals surface area contributed by atoms with Crippen molar-refractivity contribution in [2.75, 3.05) is 20.3 Å². The van der Waals surface area contributed by atoms with Crippen molar-refractivity contribution in [3.05, 3.63) is 24.4 Å². The summed E-state index contributed by atoms with van der Waals surface area (Å²) in [6, 6.07) is 0. The molecule has 0 bridgehead atoms. The van der Waals surface area contributed by atoms with Crippen LogP contribution in [0, 0.1) is 0 Å². The van der Waals surface area contributed by atoms with Gasteiger partial charge in [0.15, 0.2) is 0 Å². The molecule has 0 saturated carbocycles. The van der Waals surface area contributed by atoms with Crippen LogP contribution in [0.5, 0.6) is 0 Å². The first-order valence-electron chi connectivity index (χ1n) is 3.70. The van der Waals surface area contributed by atoms with E-state index in [1.807, 2.05) is 29.7 Å². The molecule has 0 aromatic rings. The van der Waals surface area contributed by atoms with E-state index in [0.29, 0.717) is 13.2 Å². The van der Waals surface area contributed by atoms with Crippen LogP contribution in [0.2, 0.25) is 0 Å². The largest absolute Gasteiger partial charge is 0.368 e. The van der Waals surface area contributed by atoms with E-state index in [1.54, 1.807) is 7.11 Å². The Morgan fingerprint density at radius 2 is 2.45 bits per heavy atom. The summed E-state index contributed by atoms with van der Waals surface area (Å²) in [6.07, 6.45) is 7.97. The molecule has 0 spiro atoms. The van der Waals surface area contributed by atoms with Gasteiger partial charge in [-0.15, -0.1) is 0 Å². The van der Waals surface area contributed by atoms with E-state index in [4.69, 9.17) is 9.47 Å². The zero-order chi connectivity index (χ0) is 7.94. The van der Waals surface area contributed by atoms with Crippen LogP contribution in [-0.2, 0) is 9.47 Å². The van der Waals surface area contributed by atoms with Gasteiger partial charge in [-0.3, -0.25) is 5.32 Å². The summed E-state index contributed by atoms with van der Waals surface area (Å²) in [5.74, 6) is 0. The molecule has 1 aliphatic heterocycles. The summed E-state index contributed by atoms with van der Waals surface area (Å²) in [5, 5.41) is 1.98. The van der Waals surface area contributed by atoms with Crippen molar-refractivity contribution in [1.29, 1.82) is 0 Å². The number of rotatable bonds is 1. The summed E-state index contributed by atoms with van der Waals surface area (Å²) in [6.45, 7) is 1.29. The van der Waals surface area contributed by atoms with Crippen molar-refractivity contribution in [1.82, 2.24) is 0 Å². The maximum absolute atomic E-state index is 5.27. The predicted molar refractivity (Wildman–Crippen MR) is 41.8 cm³/mol. The van der Waals surface area contributed by atoms with Gasteiger partial charge in [0.25, 0.3) is 0 Å². The molecule has 2 N–H and O–H groups in total. The smallest absolute Gasteiger partial charge is 0.217 e. The molecular weight excluding hydrogens is 142 g/mol. The molecular formula is C8H14NO2+. The Bertz CT molecular complexity index is 154. The quantitative estimate of drug-likeness (QED) is 0.562. The van der Waals surface area contributed by atoms with Gasteiger partial charge in [-0.05, 0) is 6.08 Å². The Labute approximate surface area is 66.7 Å². The van der Waals surface area contributed by atoms with E-state index in [1.165, 1.54) is 0 Å². The second kappa shape index (κ2) is 5.07. The minimum atomic E-state index is 0.0890. The third-order valence-corrected chi connectivity index (χ3v) is 1.48. The van der Waals surface area contributed by atoms with Crippen molar-refractivity contribution in [2.24, 2.45) is 0 Å². The van der Waals surface area contributed by atoms with Crippen LogP contribution in [0.3, 0.4) is 0 Å². The van der Waals surface area contributed by atoms with Gasteiger partial charge in [-0.1, -0.05) is 12.2 Å². The van der Waals surface area contributed by atoms with Gasteiger partial charge in [0, 0.05) is 7.11 Å². The molecule has 0 radical (unpaired) electrons. The fourth-order valence-electron chi connectivity index (χ4n) is 0.841. The molecule has 0 aliphatic carbocycles. The Hall–Kier alpha value is -0.640. The Balaban J connectivity index is 2.37. The summed E-state index contributed by atoms with van der Waals surface area (Å²) in [5.41, 5.74) is 0. The molecule has 62 valence electrons. The SMILES string of the molecule is COC1COC/C=C\C=C/[NH2+]1. The van der Waals surface area contributed by atoms with Gasteiger partial charge >= 0.3 is 0 Å². The van der Waals surface area contributed by atoms with Crippen molar-refractivity contribution in [3.8, 4) is 0 Å². The van der Waals surface area contributed by atoms with E-state index in [9.17, 15) is 0 Å². The summed E-state index contributed by atoms with van der Waals surface area (Å²) < 4.78 is 10.4. The van der Waals surface area contributed by atoms with Gasteiger partial charge in [0.1, 0.15) is 6.61 Å². The van der Waals surface area contributed by atoms with Crippen LogP contribution < -0.4 is 5.32 Å². The van der Waals surface area contributed by atoms with Crippen LogP contribution in [0.1, 0.15) is 0 Å². The number of methoxy groups -OCH3 is 1. The van der Waals surface area contributed by atoms with Crippen LogP contribution in [0.25, 0.3) is 0 Å². The fourth-order valence-corrected chi connectivity index (χ4v) is 0.841. The van der Waals surface area contributed by atoms with E-state index in [2.05, 4.69) is 0 Å². The van der Waals surface area contributed by atoms with Crippen molar-refractivity contribution in [2.45, 2.75) is 6.23 Å². The highest BCUT2D eigenvalue weighted by molar-refractivity contribution is 4.99. The van der Waals surface area contributed by atoms with Gasteiger partial charge < -0.3 is 9.47 Å². The number of hydrogen-bond acceptors (Lipinski definition) is 2. The highest BCUT2D eigenvalue weighted by atomic mass is 16.5. The molecule has 0 aromatic carbocycles. The number of nitrogens with two attached hydrogens (primary N) is 1. The van der Waals surface area contributed by atoms with Crippen LogP contribution >= 0.6 is 0 Å². The summed E-state index contributed by atoms with van der Waals surface area (Å²) in [4.78, 5) is 0. The second-order valence-electron chi connectivity index (χ2n) is 2.32. The first kappa shape index (κ1) is 8.46. The third kappa shape index (κ3) is 3.32. The maximum Gasteiger partial charge on any atom is 0.217 e. The summed E-state index contributed by atoms with van der Waals surface area (Å²) in [7, 11) is 1.68. The molecule has 11 heavy (non-hydrogen) atoms. The van der Waals surface area contributed by atoms with Crippen molar-refractivity contribution >= 4 is 0 Å². The zero-order valence-electron chi connectivity index (χ0n) is 6.69. The van der Waals surface area contributed by atoms with E-state index in [0.717, 1.165) is 0 Å². The van der Waals surface area contributed by atoms with Gasteiger partial charge in [0.2, 0.25) is 6.23 Å². The Morgan fingerprint density at radius 3 is 3.27 bits per heavy atom. The highest BCUT2D eigenvalue weighted by Crippen LogP contribution is 1.85. The monoisotopic (exact) mass is 156 g/mol. The summed E-state index contributed by atoms with van der Waals surface area (Å²) >= 11 is 0. The molecule has 3 heteroatoms. The molecule has 1 heterocycles. The molecule has 1 atom stereocenters. The lowest BCUT2D eigenvalue weighted by Gasteiger charge is -2.09. The standard InChI is InChI=1S/C8H13NO2/c1-10-8-7-11-6-4-2-3-5-9-8/h2-5,8-9H,6-7H2,1H3/p+1/b4-2-,5-3-. The van der Waals surface area contributed by atoms with Crippen LogP contribution in [0.15, 0.2) is 24.4 Å². The number of hydrogen-bond donors (Lipinski definition) is 1. The minimum Gasteiger partial charge on any atom is -0.368 e. The van der Waals surface area contributed by atoms with E-state index < -0.39 is 0 Å². The van der Waals surface area contributed by atoms with E-state index in [-0.39, 0.29) is 6.23 Å². The van der Waals surface area contributed by atoms with Crippen molar-refractivity contribution < 1.29 is 14.8 Å². The average molecular weight is 156 g/mol. The molecule has 1 unspecified atom stereocenters. The zero-order valence-corrected chi connectivity index (χ0v) is 6.69. The van der Waals surface area contributed by atoms with Gasteiger partial charge in [-0.25, -0.2) is 0 Å². The number of quaternary nitrogens is 1. The molecule has 0 aromatic heterocycles. The van der Waals surface area contributed by atoms with Crippen LogP contribution in [-0.4, -0.2) is 26.6 Å². The first-order valence-corrected chi connectivity index (χ1v) is 3.70. The molecule has 0 fully saturated rings. The van der Waals surface area contributed by atoms with Gasteiger partial charge in [-0.2, -0.15) is 0 Å². The number of ether oxygens (including phenoxy) is 2. The first-order chi connectivity index (χ1) is 5.43. The molecule has 1 aliphatic rings. The van der Waals surface area contributed by atoms with Crippen molar-refractivity contribution in [3.63, 3.8) is 0 Å². The Kier molecular flexibility index (Phi) is 3.90. The number of allylic oxidation sites excluding steroid dienone is 2. The topological polar surface area (TPSA) is 35.1 Å². The second-order valence-corrected chi connectivity index (χ2v) is 2.32. The van der Waals surface area contributed by atoms with Crippen LogP contribution in [0.4, 0.5) is 0 Å². The average Bonchev–Trinajstić information content (AvgIpc) is 2.16. The van der Waals surface area contributed by atoms with E-state index >= 15 is 0 Å². The lowest BCUT2D eigenvalue weighted by atomic mass is 10.5. The third-order valence-electron chi connectivity index (χ3n) is 1.48. The maximum atomic E-state index is 5.27. The highest BCUT2D eigenvalue weighted by Gasteiger charge is 2.07. The molecule has 3 nitrogen and oxygen atoms in total. The predicted octanol–water partition coefficient (Wildman–Crippen LogP) is -0.378. The molecule has 0 amide bonds. The lowest BCUT2D eigenvalue weighted by molar-refractivity contribution is -0.671. The molecule has 0 saturated heterocycles.